The van der Waals surface area contributed by atoms with Gasteiger partial charge < -0.3 is 10.4 Å². The Labute approximate surface area is 127 Å². The third kappa shape index (κ3) is 4.76. The fourth-order valence-electron chi connectivity index (χ4n) is 2.64. The Balaban J connectivity index is 1.67. The lowest BCUT2D eigenvalue weighted by atomic mass is 9.82. The van der Waals surface area contributed by atoms with E-state index in [4.69, 9.17) is 5.11 Å². The number of benzene rings is 1. The molecule has 0 saturated heterocycles. The minimum Gasteiger partial charge on any atom is -0.481 e. The molecule has 1 saturated carbocycles. The highest BCUT2D eigenvalue weighted by Crippen LogP contribution is 2.28. The summed E-state index contributed by atoms with van der Waals surface area (Å²) in [5.41, 5.74) is 1.31. The molecule has 104 valence electrons. The average Bonchev–Trinajstić information content (AvgIpc) is 2.41. The fourth-order valence-corrected chi connectivity index (χ4v) is 3.00. The number of hydrogen-bond donors (Lipinski definition) is 2. The van der Waals surface area contributed by atoms with E-state index in [1.54, 1.807) is 0 Å². The first-order valence-electron chi connectivity index (χ1n) is 6.83. The zero-order valence-corrected chi connectivity index (χ0v) is 13.1. The lowest BCUT2D eigenvalue weighted by Crippen LogP contribution is -2.28. The highest BCUT2D eigenvalue weighted by molar-refractivity contribution is 14.1. The van der Waals surface area contributed by atoms with Crippen molar-refractivity contribution in [1.29, 1.82) is 0 Å². The maximum Gasteiger partial charge on any atom is 0.306 e. The lowest BCUT2D eigenvalue weighted by molar-refractivity contribution is -0.143. The third-order valence-corrected chi connectivity index (χ3v) is 4.59. The van der Waals surface area contributed by atoms with Crippen LogP contribution in [0.4, 0.5) is 0 Å². The molecule has 0 aromatic heterocycles. The summed E-state index contributed by atoms with van der Waals surface area (Å²) in [6.45, 7) is 1.90. The van der Waals surface area contributed by atoms with Gasteiger partial charge in [0.1, 0.15) is 0 Å². The van der Waals surface area contributed by atoms with Gasteiger partial charge in [-0.2, -0.15) is 0 Å². The predicted octanol–water partition coefficient (Wildman–Crippen LogP) is 3.27. The van der Waals surface area contributed by atoms with E-state index in [-0.39, 0.29) is 5.92 Å². The van der Waals surface area contributed by atoms with Gasteiger partial charge >= 0.3 is 5.97 Å². The van der Waals surface area contributed by atoms with E-state index in [9.17, 15) is 4.79 Å². The van der Waals surface area contributed by atoms with Crippen LogP contribution in [0.2, 0.25) is 0 Å². The second-order valence-electron chi connectivity index (χ2n) is 5.31. The molecule has 1 aromatic rings. The van der Waals surface area contributed by atoms with Crippen LogP contribution in [0.25, 0.3) is 0 Å². The van der Waals surface area contributed by atoms with Crippen LogP contribution >= 0.6 is 22.6 Å². The number of nitrogens with one attached hydrogen (secondary N) is 1. The number of halogens is 1. The molecule has 2 N–H and O–H groups in total. The van der Waals surface area contributed by atoms with Crippen molar-refractivity contribution in [3.63, 3.8) is 0 Å². The first-order chi connectivity index (χ1) is 9.15. The molecular formula is C15H20INO2. The maximum absolute atomic E-state index is 10.9. The molecule has 0 atom stereocenters. The maximum atomic E-state index is 10.9. The minimum absolute atomic E-state index is 0.104. The van der Waals surface area contributed by atoms with Gasteiger partial charge in [0.2, 0.25) is 0 Å². The van der Waals surface area contributed by atoms with Gasteiger partial charge in [0.05, 0.1) is 5.92 Å². The van der Waals surface area contributed by atoms with Gasteiger partial charge in [0.15, 0.2) is 0 Å². The molecule has 0 unspecified atom stereocenters. The average molecular weight is 373 g/mol. The summed E-state index contributed by atoms with van der Waals surface area (Å²) in [5, 5.41) is 12.4. The van der Waals surface area contributed by atoms with Crippen molar-refractivity contribution >= 4 is 28.6 Å². The van der Waals surface area contributed by atoms with Crippen LogP contribution in [0.3, 0.4) is 0 Å². The SMILES string of the molecule is O=C(O)C1CCC(CNCc2ccc(I)cc2)CC1. The molecule has 1 aromatic carbocycles. The molecule has 1 fully saturated rings. The van der Waals surface area contributed by atoms with Crippen molar-refractivity contribution in [2.45, 2.75) is 32.2 Å². The lowest BCUT2D eigenvalue weighted by Gasteiger charge is -2.26. The summed E-state index contributed by atoms with van der Waals surface area (Å²) in [7, 11) is 0. The number of aliphatic carboxylic acids is 1. The van der Waals surface area contributed by atoms with Crippen molar-refractivity contribution in [3.8, 4) is 0 Å². The highest BCUT2D eigenvalue weighted by atomic mass is 127. The van der Waals surface area contributed by atoms with Gasteiger partial charge in [-0.05, 0) is 78.4 Å². The first kappa shape index (κ1) is 14.8. The number of rotatable bonds is 5. The molecule has 0 aliphatic heterocycles. The molecular weight excluding hydrogens is 353 g/mol. The fraction of sp³-hybridized carbons (Fsp3) is 0.533. The molecule has 0 spiro atoms. The second kappa shape index (κ2) is 7.24. The van der Waals surface area contributed by atoms with E-state index in [1.165, 1.54) is 9.13 Å². The molecule has 0 amide bonds. The Morgan fingerprint density at radius 2 is 1.84 bits per heavy atom. The standard InChI is InChI=1S/C15H20INO2/c16-14-7-3-12(4-8-14)10-17-9-11-1-5-13(6-2-11)15(18)19/h3-4,7-8,11,13,17H,1-2,5-6,9-10H2,(H,18,19). The van der Waals surface area contributed by atoms with E-state index in [0.29, 0.717) is 5.92 Å². The molecule has 1 aliphatic carbocycles. The van der Waals surface area contributed by atoms with Crippen molar-refractivity contribution in [3.05, 3.63) is 33.4 Å². The van der Waals surface area contributed by atoms with Gasteiger partial charge in [-0.1, -0.05) is 12.1 Å². The number of hydrogen-bond acceptors (Lipinski definition) is 2. The van der Waals surface area contributed by atoms with Crippen LogP contribution in [0.15, 0.2) is 24.3 Å². The summed E-state index contributed by atoms with van der Waals surface area (Å²) >= 11 is 2.31. The van der Waals surface area contributed by atoms with Crippen molar-refractivity contribution in [2.75, 3.05) is 6.54 Å². The molecule has 1 aliphatic rings. The van der Waals surface area contributed by atoms with Crippen molar-refractivity contribution in [2.24, 2.45) is 11.8 Å². The summed E-state index contributed by atoms with van der Waals surface area (Å²) in [4.78, 5) is 10.9. The van der Waals surface area contributed by atoms with Gasteiger partial charge in [-0.25, -0.2) is 0 Å². The Kier molecular flexibility index (Phi) is 5.63. The van der Waals surface area contributed by atoms with Crippen LogP contribution in [-0.2, 0) is 11.3 Å². The van der Waals surface area contributed by atoms with E-state index in [2.05, 4.69) is 52.2 Å². The largest absolute Gasteiger partial charge is 0.481 e. The van der Waals surface area contributed by atoms with E-state index in [0.717, 1.165) is 38.8 Å². The smallest absolute Gasteiger partial charge is 0.306 e. The summed E-state index contributed by atoms with van der Waals surface area (Å²) in [6.07, 6.45) is 3.75. The van der Waals surface area contributed by atoms with Gasteiger partial charge in [-0.15, -0.1) is 0 Å². The Hall–Kier alpha value is -0.620. The second-order valence-corrected chi connectivity index (χ2v) is 6.56. The topological polar surface area (TPSA) is 49.3 Å². The predicted molar refractivity (Wildman–Crippen MR) is 83.9 cm³/mol. The Morgan fingerprint density at radius 1 is 1.21 bits per heavy atom. The molecule has 0 bridgehead atoms. The minimum atomic E-state index is -0.620. The summed E-state index contributed by atoms with van der Waals surface area (Å²) in [6, 6.07) is 8.54. The molecule has 2 rings (SSSR count). The Morgan fingerprint density at radius 3 is 2.42 bits per heavy atom. The molecule has 4 heteroatoms. The van der Waals surface area contributed by atoms with Crippen LogP contribution in [0, 0.1) is 15.4 Å². The third-order valence-electron chi connectivity index (χ3n) is 3.87. The van der Waals surface area contributed by atoms with E-state index < -0.39 is 5.97 Å². The van der Waals surface area contributed by atoms with Gasteiger partial charge in [0, 0.05) is 10.1 Å². The zero-order valence-electron chi connectivity index (χ0n) is 10.9. The number of carboxylic acids is 1. The van der Waals surface area contributed by atoms with Crippen LogP contribution in [-0.4, -0.2) is 17.6 Å². The van der Waals surface area contributed by atoms with Crippen LogP contribution < -0.4 is 5.32 Å². The van der Waals surface area contributed by atoms with Crippen molar-refractivity contribution < 1.29 is 9.90 Å². The summed E-state index contributed by atoms with van der Waals surface area (Å²) in [5.74, 6) is -0.0859. The molecule has 0 radical (unpaired) electrons. The van der Waals surface area contributed by atoms with E-state index in [1.807, 2.05) is 0 Å². The van der Waals surface area contributed by atoms with Crippen molar-refractivity contribution in [1.82, 2.24) is 5.32 Å². The monoisotopic (exact) mass is 373 g/mol. The molecule has 19 heavy (non-hydrogen) atoms. The molecule has 0 heterocycles. The van der Waals surface area contributed by atoms with Crippen LogP contribution in [0.5, 0.6) is 0 Å². The molecule has 3 nitrogen and oxygen atoms in total. The van der Waals surface area contributed by atoms with Gasteiger partial charge in [0.25, 0.3) is 0 Å². The highest BCUT2D eigenvalue weighted by Gasteiger charge is 2.25. The normalized spacial score (nSPS) is 23.2. The Bertz CT molecular complexity index is 411. The number of carbonyl (C=O) groups is 1. The van der Waals surface area contributed by atoms with E-state index >= 15 is 0 Å². The number of carboxylic acid groups (broad SMARTS) is 1. The first-order valence-corrected chi connectivity index (χ1v) is 7.91. The summed E-state index contributed by atoms with van der Waals surface area (Å²) < 4.78 is 1.26. The van der Waals surface area contributed by atoms with Gasteiger partial charge in [-0.3, -0.25) is 4.79 Å². The quantitative estimate of drug-likeness (QED) is 0.779. The zero-order chi connectivity index (χ0) is 13.7. The van der Waals surface area contributed by atoms with Crippen LogP contribution in [0.1, 0.15) is 31.2 Å².